The van der Waals surface area contributed by atoms with Crippen LogP contribution in [0.2, 0.25) is 0 Å². The van der Waals surface area contributed by atoms with Crippen molar-refractivity contribution in [2.75, 3.05) is 16.8 Å². The first-order valence-electron chi connectivity index (χ1n) is 11.9. The molecule has 180 valence electrons. The van der Waals surface area contributed by atoms with Gasteiger partial charge in [0.15, 0.2) is 0 Å². The van der Waals surface area contributed by atoms with Gasteiger partial charge in [-0.25, -0.2) is 14.1 Å². The fourth-order valence-corrected chi connectivity index (χ4v) is 4.64. The highest BCUT2D eigenvalue weighted by atomic mass is 19.1. The van der Waals surface area contributed by atoms with E-state index in [0.29, 0.717) is 18.0 Å². The number of nitrogens with one attached hydrogen (secondary N) is 1. The number of imide groups is 1. The van der Waals surface area contributed by atoms with E-state index in [2.05, 4.69) is 5.32 Å². The van der Waals surface area contributed by atoms with Crippen LogP contribution in [0.15, 0.2) is 48.5 Å². The lowest BCUT2D eigenvalue weighted by Gasteiger charge is -2.33. The molecule has 0 aromatic heterocycles. The van der Waals surface area contributed by atoms with Gasteiger partial charge in [0.05, 0.1) is 18.7 Å². The third-order valence-corrected chi connectivity index (χ3v) is 6.30. The number of amides is 4. The molecular formula is C26H30FN3O4. The maximum Gasteiger partial charge on any atom is 0.332 e. The van der Waals surface area contributed by atoms with Gasteiger partial charge < -0.3 is 15.0 Å². The highest BCUT2D eigenvalue weighted by Gasteiger charge is 2.49. The summed E-state index contributed by atoms with van der Waals surface area (Å²) < 4.78 is 19.0. The van der Waals surface area contributed by atoms with Crippen LogP contribution in [-0.4, -0.2) is 41.4 Å². The maximum absolute atomic E-state index is 13.4. The highest BCUT2D eigenvalue weighted by Crippen LogP contribution is 2.33. The standard InChI is InChI=1S/C26H30FN3O4/c1-2-16-34-22-14-10-19(11-15-22)28-24(31)17-23-25(32)30(21-12-8-18(27)9-13-21)26(33)29(23)20-6-4-3-5-7-20/h8-15,20,23H,2-7,16-17H2,1H3,(H,28,31)/t23-/m1/s1. The molecule has 1 aliphatic carbocycles. The van der Waals surface area contributed by atoms with Gasteiger partial charge in [0.2, 0.25) is 5.91 Å². The number of hydrogen-bond donors (Lipinski definition) is 1. The number of urea groups is 1. The maximum atomic E-state index is 13.4. The average Bonchev–Trinajstić information content (AvgIpc) is 3.09. The van der Waals surface area contributed by atoms with Crippen LogP contribution in [0.4, 0.5) is 20.6 Å². The number of anilines is 2. The summed E-state index contributed by atoms with van der Waals surface area (Å²) in [6, 6.07) is 10.9. The molecule has 4 rings (SSSR count). The molecule has 1 heterocycles. The number of hydrogen-bond acceptors (Lipinski definition) is 4. The summed E-state index contributed by atoms with van der Waals surface area (Å²) in [4.78, 5) is 42.3. The lowest BCUT2D eigenvalue weighted by atomic mass is 9.93. The second-order valence-corrected chi connectivity index (χ2v) is 8.77. The SMILES string of the molecule is CCCOc1ccc(NC(=O)C[C@@H]2C(=O)N(c3ccc(F)cc3)C(=O)N2C2CCCCC2)cc1. The monoisotopic (exact) mass is 467 g/mol. The van der Waals surface area contributed by atoms with E-state index in [4.69, 9.17) is 4.74 Å². The number of carbonyl (C=O) groups excluding carboxylic acids is 3. The van der Waals surface area contributed by atoms with Crippen LogP contribution in [0.1, 0.15) is 51.9 Å². The Hall–Kier alpha value is -3.42. The summed E-state index contributed by atoms with van der Waals surface area (Å²) >= 11 is 0. The molecule has 1 atom stereocenters. The second kappa shape index (κ2) is 10.7. The van der Waals surface area contributed by atoms with Gasteiger partial charge in [-0.3, -0.25) is 9.59 Å². The molecule has 2 aromatic carbocycles. The lowest BCUT2D eigenvalue weighted by Crippen LogP contribution is -2.45. The van der Waals surface area contributed by atoms with Gasteiger partial charge in [-0.05, 0) is 67.8 Å². The van der Waals surface area contributed by atoms with Crippen molar-refractivity contribution in [3.63, 3.8) is 0 Å². The van der Waals surface area contributed by atoms with Gasteiger partial charge in [-0.1, -0.05) is 26.2 Å². The van der Waals surface area contributed by atoms with E-state index in [1.165, 1.54) is 24.3 Å². The predicted molar refractivity (Wildman–Crippen MR) is 127 cm³/mol. The predicted octanol–water partition coefficient (Wildman–Crippen LogP) is 5.11. The molecule has 0 unspecified atom stereocenters. The van der Waals surface area contributed by atoms with Crippen molar-refractivity contribution in [2.24, 2.45) is 0 Å². The number of nitrogens with zero attached hydrogens (tertiary/aromatic N) is 2. The zero-order chi connectivity index (χ0) is 24.1. The van der Waals surface area contributed by atoms with Crippen molar-refractivity contribution in [1.82, 2.24) is 4.90 Å². The zero-order valence-electron chi connectivity index (χ0n) is 19.3. The Morgan fingerprint density at radius 2 is 1.71 bits per heavy atom. The first-order valence-corrected chi connectivity index (χ1v) is 11.9. The molecule has 1 aliphatic heterocycles. The van der Waals surface area contributed by atoms with Crippen LogP contribution in [0.3, 0.4) is 0 Å². The smallest absolute Gasteiger partial charge is 0.332 e. The van der Waals surface area contributed by atoms with Gasteiger partial charge in [0, 0.05) is 11.7 Å². The minimum Gasteiger partial charge on any atom is -0.494 e. The Morgan fingerprint density at radius 1 is 1.03 bits per heavy atom. The van der Waals surface area contributed by atoms with Crippen LogP contribution in [0.5, 0.6) is 5.75 Å². The van der Waals surface area contributed by atoms with Crippen molar-refractivity contribution in [3.05, 3.63) is 54.3 Å². The molecule has 0 bridgehead atoms. The first-order chi connectivity index (χ1) is 16.5. The summed E-state index contributed by atoms with van der Waals surface area (Å²) in [7, 11) is 0. The summed E-state index contributed by atoms with van der Waals surface area (Å²) in [6.07, 6.45) is 5.40. The van der Waals surface area contributed by atoms with E-state index in [1.54, 1.807) is 29.2 Å². The van der Waals surface area contributed by atoms with E-state index in [-0.39, 0.29) is 18.4 Å². The van der Waals surface area contributed by atoms with Gasteiger partial charge >= 0.3 is 6.03 Å². The molecule has 8 heteroatoms. The fraction of sp³-hybridized carbons (Fsp3) is 0.423. The number of carbonyl (C=O) groups is 3. The Balaban J connectivity index is 1.51. The number of ether oxygens (including phenoxy) is 1. The molecular weight excluding hydrogens is 437 g/mol. The molecule has 2 aromatic rings. The van der Waals surface area contributed by atoms with Crippen molar-refractivity contribution in [1.29, 1.82) is 0 Å². The Kier molecular flexibility index (Phi) is 7.45. The van der Waals surface area contributed by atoms with Gasteiger partial charge in [0.25, 0.3) is 5.91 Å². The summed E-state index contributed by atoms with van der Waals surface area (Å²) in [6.45, 7) is 2.64. The third-order valence-electron chi connectivity index (χ3n) is 6.30. The van der Waals surface area contributed by atoms with Crippen LogP contribution >= 0.6 is 0 Å². The Labute approximate surface area is 198 Å². The van der Waals surface area contributed by atoms with E-state index < -0.39 is 23.8 Å². The van der Waals surface area contributed by atoms with Crippen LogP contribution < -0.4 is 15.0 Å². The number of rotatable bonds is 8. The van der Waals surface area contributed by atoms with Gasteiger partial charge in [-0.2, -0.15) is 0 Å². The van der Waals surface area contributed by atoms with Crippen molar-refractivity contribution in [2.45, 2.75) is 64.0 Å². The average molecular weight is 468 g/mol. The molecule has 4 amide bonds. The normalized spacial score (nSPS) is 18.9. The van der Waals surface area contributed by atoms with Crippen molar-refractivity contribution in [3.8, 4) is 5.75 Å². The molecule has 1 saturated heterocycles. The van der Waals surface area contributed by atoms with Crippen molar-refractivity contribution >= 4 is 29.2 Å². The minimum atomic E-state index is -0.896. The second-order valence-electron chi connectivity index (χ2n) is 8.77. The molecule has 1 N–H and O–H groups in total. The molecule has 2 aliphatic rings. The zero-order valence-corrected chi connectivity index (χ0v) is 19.3. The number of halogens is 1. The summed E-state index contributed by atoms with van der Waals surface area (Å²) in [5.41, 5.74) is 0.896. The lowest BCUT2D eigenvalue weighted by molar-refractivity contribution is -0.125. The quantitative estimate of drug-likeness (QED) is 0.547. The molecule has 7 nitrogen and oxygen atoms in total. The van der Waals surface area contributed by atoms with Gasteiger partial charge in [0.1, 0.15) is 17.6 Å². The molecule has 34 heavy (non-hydrogen) atoms. The first kappa shape index (κ1) is 23.7. The van der Waals surface area contributed by atoms with E-state index in [1.807, 2.05) is 6.92 Å². The Bertz CT molecular complexity index is 1020. The molecule has 1 saturated carbocycles. The van der Waals surface area contributed by atoms with Gasteiger partial charge in [-0.15, -0.1) is 0 Å². The molecule has 0 spiro atoms. The highest BCUT2D eigenvalue weighted by molar-refractivity contribution is 6.22. The van der Waals surface area contributed by atoms with Crippen molar-refractivity contribution < 1.29 is 23.5 Å². The minimum absolute atomic E-state index is 0.0940. The fourth-order valence-electron chi connectivity index (χ4n) is 4.64. The van der Waals surface area contributed by atoms with Crippen LogP contribution in [-0.2, 0) is 9.59 Å². The van der Waals surface area contributed by atoms with Crippen LogP contribution in [0.25, 0.3) is 0 Å². The van der Waals surface area contributed by atoms with E-state index >= 15 is 0 Å². The van der Waals surface area contributed by atoms with E-state index in [0.717, 1.165) is 49.2 Å². The largest absolute Gasteiger partial charge is 0.494 e. The molecule has 0 radical (unpaired) electrons. The Morgan fingerprint density at radius 3 is 2.35 bits per heavy atom. The summed E-state index contributed by atoms with van der Waals surface area (Å²) in [5, 5.41) is 2.82. The van der Waals surface area contributed by atoms with E-state index in [9.17, 15) is 18.8 Å². The van der Waals surface area contributed by atoms with Crippen LogP contribution in [0, 0.1) is 5.82 Å². The number of benzene rings is 2. The summed E-state index contributed by atoms with van der Waals surface area (Å²) in [5.74, 6) is -0.542. The topological polar surface area (TPSA) is 79.0 Å². The molecule has 2 fully saturated rings. The third kappa shape index (κ3) is 5.21.